The number of methoxy groups -OCH3 is 1. The van der Waals surface area contributed by atoms with Gasteiger partial charge in [-0.1, -0.05) is 25.0 Å². The summed E-state index contributed by atoms with van der Waals surface area (Å²) in [5.74, 6) is -0.0154. The molecule has 1 N–H and O–H groups in total. The van der Waals surface area contributed by atoms with Crippen molar-refractivity contribution in [3.8, 4) is 5.75 Å². The molecule has 1 aliphatic carbocycles. The molecule has 8 nitrogen and oxygen atoms in total. The van der Waals surface area contributed by atoms with Crippen LogP contribution in [0.5, 0.6) is 5.75 Å². The highest BCUT2D eigenvalue weighted by Crippen LogP contribution is 2.22. The van der Waals surface area contributed by atoms with Crippen LogP contribution >= 0.6 is 22.6 Å². The highest BCUT2D eigenvalue weighted by Gasteiger charge is 2.31. The van der Waals surface area contributed by atoms with Crippen LogP contribution in [0.15, 0.2) is 48.5 Å². The van der Waals surface area contributed by atoms with E-state index in [4.69, 9.17) is 4.74 Å². The van der Waals surface area contributed by atoms with Crippen LogP contribution in [0.1, 0.15) is 38.2 Å². The van der Waals surface area contributed by atoms with Crippen molar-refractivity contribution >= 4 is 50.1 Å². The molecule has 190 valence electrons. The minimum atomic E-state index is -3.74. The number of halogens is 1. The van der Waals surface area contributed by atoms with Crippen molar-refractivity contribution < 1.29 is 22.7 Å². The van der Waals surface area contributed by atoms with Gasteiger partial charge in [0, 0.05) is 16.2 Å². The van der Waals surface area contributed by atoms with Crippen molar-refractivity contribution in [2.45, 2.75) is 51.2 Å². The van der Waals surface area contributed by atoms with Gasteiger partial charge in [0.2, 0.25) is 21.8 Å². The third-order valence-corrected chi connectivity index (χ3v) is 8.03. The molecule has 0 aromatic heterocycles. The van der Waals surface area contributed by atoms with Gasteiger partial charge in [0.15, 0.2) is 0 Å². The molecule has 2 amide bonds. The smallest absolute Gasteiger partial charge is 0.244 e. The van der Waals surface area contributed by atoms with E-state index in [0.29, 0.717) is 11.4 Å². The van der Waals surface area contributed by atoms with Crippen LogP contribution in [0.3, 0.4) is 0 Å². The monoisotopic (exact) mass is 613 g/mol. The van der Waals surface area contributed by atoms with E-state index in [-0.39, 0.29) is 18.5 Å². The van der Waals surface area contributed by atoms with Crippen molar-refractivity contribution in [2.75, 3.05) is 24.2 Å². The molecule has 0 unspecified atom stereocenters. The minimum Gasteiger partial charge on any atom is -0.497 e. The Hall–Kier alpha value is -2.34. The summed E-state index contributed by atoms with van der Waals surface area (Å²) in [7, 11) is -2.17. The van der Waals surface area contributed by atoms with Crippen LogP contribution in [-0.2, 0) is 26.2 Å². The molecule has 2 aromatic rings. The standard InChI is InChI=1S/C25H32IN3O5S/c1-18(25(31)27-21-6-4-5-7-21)28(16-19-8-14-23(34-2)15-9-19)24(30)17-29(35(3,32)33)22-12-10-20(26)11-13-22/h8-15,18,21H,4-7,16-17H2,1-3H3,(H,27,31)/t18-/m0/s1. The Morgan fingerprint density at radius 3 is 2.23 bits per heavy atom. The second-order valence-corrected chi connectivity index (χ2v) is 11.9. The number of amides is 2. The number of carbonyl (C=O) groups excluding carboxylic acids is 2. The zero-order valence-corrected chi connectivity index (χ0v) is 23.2. The quantitative estimate of drug-likeness (QED) is 0.414. The number of rotatable bonds is 10. The lowest BCUT2D eigenvalue weighted by Gasteiger charge is -2.32. The first-order valence-electron chi connectivity index (χ1n) is 11.5. The van der Waals surface area contributed by atoms with Gasteiger partial charge in [-0.15, -0.1) is 0 Å². The van der Waals surface area contributed by atoms with Crippen LogP contribution in [0.25, 0.3) is 0 Å². The Kier molecular flexibility index (Phi) is 9.40. The molecule has 0 heterocycles. The first-order valence-corrected chi connectivity index (χ1v) is 14.5. The lowest BCUT2D eigenvalue weighted by atomic mass is 10.1. The molecule has 35 heavy (non-hydrogen) atoms. The fraction of sp³-hybridized carbons (Fsp3) is 0.440. The maximum absolute atomic E-state index is 13.6. The Labute approximate surface area is 221 Å². The van der Waals surface area contributed by atoms with Gasteiger partial charge >= 0.3 is 0 Å². The van der Waals surface area contributed by atoms with E-state index in [0.717, 1.165) is 45.4 Å². The summed E-state index contributed by atoms with van der Waals surface area (Å²) in [6.45, 7) is 1.43. The van der Waals surface area contributed by atoms with E-state index in [9.17, 15) is 18.0 Å². The second kappa shape index (κ2) is 12.1. The molecular weight excluding hydrogens is 581 g/mol. The van der Waals surface area contributed by atoms with Gasteiger partial charge in [0.1, 0.15) is 18.3 Å². The van der Waals surface area contributed by atoms with Crippen molar-refractivity contribution in [1.29, 1.82) is 0 Å². The third-order valence-electron chi connectivity index (χ3n) is 6.17. The maximum atomic E-state index is 13.6. The summed E-state index contributed by atoms with van der Waals surface area (Å²) in [6, 6.07) is 13.5. The number of carbonyl (C=O) groups is 2. The van der Waals surface area contributed by atoms with Crippen molar-refractivity contribution in [3.05, 3.63) is 57.7 Å². The first kappa shape index (κ1) is 27.3. The molecule has 0 saturated heterocycles. The molecule has 0 aliphatic heterocycles. The number of anilines is 1. The van der Waals surface area contributed by atoms with Crippen LogP contribution in [0, 0.1) is 3.57 Å². The van der Waals surface area contributed by atoms with Gasteiger partial charge in [0.25, 0.3) is 0 Å². The van der Waals surface area contributed by atoms with Crippen LogP contribution < -0.4 is 14.4 Å². The largest absolute Gasteiger partial charge is 0.497 e. The second-order valence-electron chi connectivity index (χ2n) is 8.78. The molecule has 3 rings (SSSR count). The van der Waals surface area contributed by atoms with Crippen molar-refractivity contribution in [1.82, 2.24) is 10.2 Å². The number of nitrogens with zero attached hydrogens (tertiary/aromatic N) is 2. The van der Waals surface area contributed by atoms with Crippen molar-refractivity contribution in [3.63, 3.8) is 0 Å². The van der Waals surface area contributed by atoms with E-state index < -0.39 is 28.5 Å². The Morgan fingerprint density at radius 2 is 1.69 bits per heavy atom. The highest BCUT2D eigenvalue weighted by atomic mass is 127. The minimum absolute atomic E-state index is 0.113. The van der Waals surface area contributed by atoms with Crippen LogP contribution in [0.2, 0.25) is 0 Å². The van der Waals surface area contributed by atoms with E-state index in [1.165, 1.54) is 4.90 Å². The highest BCUT2D eigenvalue weighted by molar-refractivity contribution is 14.1. The van der Waals surface area contributed by atoms with Gasteiger partial charge in [-0.3, -0.25) is 13.9 Å². The number of sulfonamides is 1. The van der Waals surface area contributed by atoms with E-state index in [2.05, 4.69) is 27.9 Å². The predicted molar refractivity (Wildman–Crippen MR) is 145 cm³/mol. The lowest BCUT2D eigenvalue weighted by molar-refractivity contribution is -0.139. The number of hydrogen-bond acceptors (Lipinski definition) is 5. The molecule has 0 spiro atoms. The van der Waals surface area contributed by atoms with E-state index >= 15 is 0 Å². The maximum Gasteiger partial charge on any atom is 0.244 e. The average molecular weight is 614 g/mol. The van der Waals surface area contributed by atoms with E-state index in [1.807, 2.05) is 12.1 Å². The average Bonchev–Trinajstić information content (AvgIpc) is 3.34. The van der Waals surface area contributed by atoms with Gasteiger partial charge < -0.3 is 15.0 Å². The number of hydrogen-bond donors (Lipinski definition) is 1. The molecule has 1 atom stereocenters. The van der Waals surface area contributed by atoms with Gasteiger partial charge in [-0.05, 0) is 84.3 Å². The molecule has 0 radical (unpaired) electrons. The molecule has 1 saturated carbocycles. The topological polar surface area (TPSA) is 96.0 Å². The van der Waals surface area contributed by atoms with Gasteiger partial charge in [-0.2, -0.15) is 0 Å². The molecular formula is C25H32IN3O5S. The van der Waals surface area contributed by atoms with Crippen LogP contribution in [0.4, 0.5) is 5.69 Å². The Bertz CT molecular complexity index is 1120. The zero-order chi connectivity index (χ0) is 25.6. The summed E-state index contributed by atoms with van der Waals surface area (Å²) in [5.41, 5.74) is 1.20. The summed E-state index contributed by atoms with van der Waals surface area (Å²) >= 11 is 2.13. The Balaban J connectivity index is 1.86. The number of ether oxygens (including phenoxy) is 1. The molecule has 1 fully saturated rings. The molecule has 1 aliphatic rings. The third kappa shape index (κ3) is 7.57. The number of nitrogens with one attached hydrogen (secondary N) is 1. The van der Waals surface area contributed by atoms with Gasteiger partial charge in [0.05, 0.1) is 19.1 Å². The molecule has 0 bridgehead atoms. The predicted octanol–water partition coefficient (Wildman–Crippen LogP) is 3.54. The SMILES string of the molecule is COc1ccc(CN(C(=O)CN(c2ccc(I)cc2)S(C)(=O)=O)[C@@H](C)C(=O)NC2CCCC2)cc1. The first-order chi connectivity index (χ1) is 16.6. The van der Waals surface area contributed by atoms with Gasteiger partial charge in [-0.25, -0.2) is 8.42 Å². The molecule has 2 aromatic carbocycles. The zero-order valence-electron chi connectivity index (χ0n) is 20.2. The van der Waals surface area contributed by atoms with E-state index in [1.54, 1.807) is 50.4 Å². The fourth-order valence-corrected chi connectivity index (χ4v) is 5.33. The van der Waals surface area contributed by atoms with Crippen molar-refractivity contribution in [2.24, 2.45) is 0 Å². The molecule has 10 heteroatoms. The lowest BCUT2D eigenvalue weighted by Crippen LogP contribution is -2.52. The summed E-state index contributed by atoms with van der Waals surface area (Å²) in [6.07, 6.45) is 5.09. The van der Waals surface area contributed by atoms with Crippen LogP contribution in [-0.4, -0.2) is 57.1 Å². The normalized spacial score (nSPS) is 14.9. The number of benzene rings is 2. The summed E-state index contributed by atoms with van der Waals surface area (Å²) < 4.78 is 32.4. The fourth-order valence-electron chi connectivity index (χ4n) is 4.12. The summed E-state index contributed by atoms with van der Waals surface area (Å²) in [4.78, 5) is 28.1. The Morgan fingerprint density at radius 1 is 1.09 bits per heavy atom. The summed E-state index contributed by atoms with van der Waals surface area (Å²) in [5, 5.41) is 3.05.